The second-order valence-corrected chi connectivity index (χ2v) is 4.20. The molecule has 1 aliphatic heterocycles. The van der Waals surface area contributed by atoms with Gasteiger partial charge in [-0.25, -0.2) is 0 Å². The van der Waals surface area contributed by atoms with Crippen molar-refractivity contribution in [2.75, 3.05) is 33.4 Å². The number of carboxylic acid groups (broad SMARTS) is 1. The third kappa shape index (κ3) is 2.69. The molecule has 82 valence electrons. The van der Waals surface area contributed by atoms with Crippen LogP contribution >= 0.6 is 0 Å². The average Bonchev–Trinajstić information content (AvgIpc) is 2.17. The van der Waals surface area contributed by atoms with Crippen LogP contribution in [0, 0.1) is 5.41 Å². The first kappa shape index (κ1) is 11.5. The van der Waals surface area contributed by atoms with Crippen LogP contribution in [0.5, 0.6) is 0 Å². The van der Waals surface area contributed by atoms with Gasteiger partial charge < -0.3 is 14.7 Å². The third-order valence-electron chi connectivity index (χ3n) is 3.09. The van der Waals surface area contributed by atoms with Gasteiger partial charge in [0.25, 0.3) is 0 Å². The second-order valence-electron chi connectivity index (χ2n) is 4.20. The van der Waals surface area contributed by atoms with Crippen LogP contribution < -0.4 is 0 Å². The Morgan fingerprint density at radius 1 is 1.50 bits per heavy atom. The maximum absolute atomic E-state index is 11.0. The molecule has 14 heavy (non-hydrogen) atoms. The second kappa shape index (κ2) is 4.75. The molecule has 0 atom stereocenters. The highest BCUT2D eigenvalue weighted by molar-refractivity contribution is 5.74. The van der Waals surface area contributed by atoms with Crippen LogP contribution in [-0.4, -0.2) is 49.3 Å². The minimum Gasteiger partial charge on any atom is -0.481 e. The quantitative estimate of drug-likeness (QED) is 0.731. The molecular weight excluding hydrogens is 182 g/mol. The minimum absolute atomic E-state index is 0.510. The molecule has 0 spiro atoms. The van der Waals surface area contributed by atoms with Crippen LogP contribution in [0.2, 0.25) is 0 Å². The summed E-state index contributed by atoms with van der Waals surface area (Å²) >= 11 is 0. The van der Waals surface area contributed by atoms with E-state index in [1.54, 1.807) is 7.11 Å². The SMILES string of the molecule is COCCN1CCC(C)(C(=O)O)CC1. The number of aliphatic carboxylic acids is 1. The topological polar surface area (TPSA) is 49.8 Å². The van der Waals surface area contributed by atoms with E-state index < -0.39 is 11.4 Å². The zero-order chi connectivity index (χ0) is 10.6. The van der Waals surface area contributed by atoms with E-state index in [1.807, 2.05) is 6.92 Å². The molecule has 1 N–H and O–H groups in total. The first-order chi connectivity index (χ1) is 6.58. The van der Waals surface area contributed by atoms with Crippen molar-refractivity contribution in [3.05, 3.63) is 0 Å². The molecule has 0 aromatic carbocycles. The van der Waals surface area contributed by atoms with E-state index >= 15 is 0 Å². The van der Waals surface area contributed by atoms with Gasteiger partial charge in [0.15, 0.2) is 0 Å². The van der Waals surface area contributed by atoms with Gasteiger partial charge in [0.2, 0.25) is 0 Å². The first-order valence-corrected chi connectivity index (χ1v) is 5.03. The lowest BCUT2D eigenvalue weighted by atomic mass is 9.80. The molecular formula is C10H19NO3. The number of ether oxygens (including phenoxy) is 1. The molecule has 0 aliphatic carbocycles. The zero-order valence-corrected chi connectivity index (χ0v) is 8.95. The third-order valence-corrected chi connectivity index (χ3v) is 3.09. The molecule has 0 amide bonds. The maximum Gasteiger partial charge on any atom is 0.309 e. The van der Waals surface area contributed by atoms with E-state index in [4.69, 9.17) is 9.84 Å². The number of hydrogen-bond acceptors (Lipinski definition) is 3. The highest BCUT2D eigenvalue weighted by Gasteiger charge is 2.36. The molecule has 4 nitrogen and oxygen atoms in total. The van der Waals surface area contributed by atoms with E-state index in [1.165, 1.54) is 0 Å². The number of piperidine rings is 1. The summed E-state index contributed by atoms with van der Waals surface area (Å²) in [4.78, 5) is 13.2. The van der Waals surface area contributed by atoms with Gasteiger partial charge in [-0.3, -0.25) is 4.79 Å². The largest absolute Gasteiger partial charge is 0.481 e. The van der Waals surface area contributed by atoms with Gasteiger partial charge in [0.05, 0.1) is 12.0 Å². The number of carboxylic acids is 1. The minimum atomic E-state index is -0.663. The zero-order valence-electron chi connectivity index (χ0n) is 8.95. The normalized spacial score (nSPS) is 22.1. The Balaban J connectivity index is 2.34. The van der Waals surface area contributed by atoms with Gasteiger partial charge in [0.1, 0.15) is 0 Å². The van der Waals surface area contributed by atoms with Crippen molar-refractivity contribution in [2.45, 2.75) is 19.8 Å². The lowest BCUT2D eigenvalue weighted by molar-refractivity contribution is -0.150. The maximum atomic E-state index is 11.0. The first-order valence-electron chi connectivity index (χ1n) is 5.03. The van der Waals surface area contributed by atoms with Gasteiger partial charge in [0, 0.05) is 13.7 Å². The number of methoxy groups -OCH3 is 1. The molecule has 1 heterocycles. The summed E-state index contributed by atoms with van der Waals surface area (Å²) in [5.41, 5.74) is -0.510. The molecule has 1 aliphatic rings. The van der Waals surface area contributed by atoms with Gasteiger partial charge in [-0.05, 0) is 32.9 Å². The van der Waals surface area contributed by atoms with Crippen molar-refractivity contribution in [1.29, 1.82) is 0 Å². The van der Waals surface area contributed by atoms with E-state index in [9.17, 15) is 4.79 Å². The summed E-state index contributed by atoms with van der Waals surface area (Å²) in [7, 11) is 1.69. The fourth-order valence-electron chi connectivity index (χ4n) is 1.70. The van der Waals surface area contributed by atoms with Crippen LogP contribution in [0.25, 0.3) is 0 Å². The Labute approximate surface area is 84.8 Å². The molecule has 0 aromatic heterocycles. The summed E-state index contributed by atoms with van der Waals surface area (Å²) in [6, 6.07) is 0. The summed E-state index contributed by atoms with van der Waals surface area (Å²) in [5, 5.41) is 9.02. The van der Waals surface area contributed by atoms with E-state index in [2.05, 4.69) is 4.90 Å². The van der Waals surface area contributed by atoms with Crippen LogP contribution in [-0.2, 0) is 9.53 Å². The van der Waals surface area contributed by atoms with Crippen molar-refractivity contribution >= 4 is 5.97 Å². The Morgan fingerprint density at radius 3 is 2.50 bits per heavy atom. The monoisotopic (exact) mass is 201 g/mol. The molecule has 1 rings (SSSR count). The van der Waals surface area contributed by atoms with Crippen molar-refractivity contribution in [1.82, 2.24) is 4.90 Å². The summed E-state index contributed by atoms with van der Waals surface area (Å²) in [6.45, 7) is 5.21. The van der Waals surface area contributed by atoms with E-state index in [0.29, 0.717) is 0 Å². The molecule has 0 saturated carbocycles. The fourth-order valence-corrected chi connectivity index (χ4v) is 1.70. The van der Waals surface area contributed by atoms with Crippen LogP contribution in [0.4, 0.5) is 0 Å². The van der Waals surface area contributed by atoms with Gasteiger partial charge in [-0.15, -0.1) is 0 Å². The lowest BCUT2D eigenvalue weighted by Gasteiger charge is -2.36. The number of hydrogen-bond donors (Lipinski definition) is 1. The van der Waals surface area contributed by atoms with Gasteiger partial charge in [-0.1, -0.05) is 0 Å². The number of rotatable bonds is 4. The summed E-state index contributed by atoms with van der Waals surface area (Å²) in [6.07, 6.45) is 1.48. The lowest BCUT2D eigenvalue weighted by Crippen LogP contribution is -2.43. The van der Waals surface area contributed by atoms with E-state index in [0.717, 1.165) is 39.1 Å². The highest BCUT2D eigenvalue weighted by Crippen LogP contribution is 2.30. The Kier molecular flexibility index (Phi) is 3.89. The van der Waals surface area contributed by atoms with Crippen LogP contribution in [0.3, 0.4) is 0 Å². The van der Waals surface area contributed by atoms with Gasteiger partial charge in [-0.2, -0.15) is 0 Å². The molecule has 0 radical (unpaired) electrons. The smallest absolute Gasteiger partial charge is 0.309 e. The number of carbonyl (C=O) groups is 1. The van der Waals surface area contributed by atoms with Gasteiger partial charge >= 0.3 is 5.97 Å². The fraction of sp³-hybridized carbons (Fsp3) is 0.900. The van der Waals surface area contributed by atoms with Crippen LogP contribution in [0.15, 0.2) is 0 Å². The van der Waals surface area contributed by atoms with Crippen molar-refractivity contribution in [3.63, 3.8) is 0 Å². The molecule has 0 aromatic rings. The Morgan fingerprint density at radius 2 is 2.07 bits per heavy atom. The van der Waals surface area contributed by atoms with Crippen molar-refractivity contribution in [3.8, 4) is 0 Å². The molecule has 1 fully saturated rings. The summed E-state index contributed by atoms with van der Waals surface area (Å²) in [5.74, 6) is -0.663. The molecule has 1 saturated heterocycles. The predicted octanol–water partition coefficient (Wildman–Crippen LogP) is 0.820. The molecule has 0 bridgehead atoms. The number of likely N-dealkylation sites (tertiary alicyclic amines) is 1. The standard InChI is InChI=1S/C10H19NO3/c1-10(9(12)13)3-5-11(6-4-10)7-8-14-2/h3-8H2,1-2H3,(H,12,13). The summed E-state index contributed by atoms with van der Waals surface area (Å²) < 4.78 is 4.99. The predicted molar refractivity (Wildman–Crippen MR) is 53.3 cm³/mol. The van der Waals surface area contributed by atoms with Crippen molar-refractivity contribution in [2.24, 2.45) is 5.41 Å². The Bertz CT molecular complexity index is 198. The number of nitrogens with zero attached hydrogens (tertiary/aromatic N) is 1. The Hall–Kier alpha value is -0.610. The van der Waals surface area contributed by atoms with Crippen LogP contribution in [0.1, 0.15) is 19.8 Å². The highest BCUT2D eigenvalue weighted by atomic mass is 16.5. The average molecular weight is 201 g/mol. The van der Waals surface area contributed by atoms with Crippen molar-refractivity contribution < 1.29 is 14.6 Å². The molecule has 0 unspecified atom stereocenters. The molecule has 4 heteroatoms. The van der Waals surface area contributed by atoms with E-state index in [-0.39, 0.29) is 0 Å².